The highest BCUT2D eigenvalue weighted by atomic mass is 32.2. The maximum absolute atomic E-state index is 13.1. The van der Waals surface area contributed by atoms with Gasteiger partial charge in [-0.1, -0.05) is 23.8 Å². The van der Waals surface area contributed by atoms with Gasteiger partial charge in [-0.2, -0.15) is 4.73 Å². The first-order valence-electron chi connectivity index (χ1n) is 7.50. The minimum absolute atomic E-state index is 0.0569. The Labute approximate surface area is 136 Å². The molecule has 0 saturated carbocycles. The van der Waals surface area contributed by atoms with Crippen molar-refractivity contribution in [1.29, 1.82) is 0 Å². The lowest BCUT2D eigenvalue weighted by Gasteiger charge is -2.19. The molecule has 0 N–H and O–H groups in total. The van der Waals surface area contributed by atoms with Gasteiger partial charge in [-0.25, -0.2) is 8.42 Å². The molecule has 1 aromatic carbocycles. The fourth-order valence-corrected chi connectivity index (χ4v) is 4.68. The second kappa shape index (κ2) is 5.94. The first kappa shape index (κ1) is 16.0. The van der Waals surface area contributed by atoms with Gasteiger partial charge in [0.25, 0.3) is 0 Å². The number of pyridine rings is 1. The molecule has 5 nitrogen and oxygen atoms in total. The molecule has 1 aromatic heterocycles. The summed E-state index contributed by atoms with van der Waals surface area (Å²) in [4.78, 5) is 0. The summed E-state index contributed by atoms with van der Waals surface area (Å²) in [7, 11) is -3.81. The Morgan fingerprint density at radius 1 is 1.30 bits per heavy atom. The van der Waals surface area contributed by atoms with Crippen LogP contribution in [0, 0.1) is 19.1 Å². The van der Waals surface area contributed by atoms with Crippen molar-refractivity contribution in [2.45, 2.75) is 36.6 Å². The van der Waals surface area contributed by atoms with Crippen LogP contribution < -0.4 is 4.73 Å². The number of hydrogen-bond donors (Lipinski definition) is 0. The second-order valence-electron chi connectivity index (χ2n) is 5.95. The molecule has 2 atom stereocenters. The highest BCUT2D eigenvalue weighted by molar-refractivity contribution is 7.91. The lowest BCUT2D eigenvalue weighted by Crippen LogP contribution is -2.35. The van der Waals surface area contributed by atoms with Gasteiger partial charge in [0.2, 0.25) is 9.84 Å². The van der Waals surface area contributed by atoms with E-state index in [2.05, 4.69) is 0 Å². The van der Waals surface area contributed by atoms with Crippen molar-refractivity contribution in [1.82, 2.24) is 0 Å². The summed E-state index contributed by atoms with van der Waals surface area (Å²) in [5, 5.41) is 11.0. The summed E-state index contributed by atoms with van der Waals surface area (Å²) in [6, 6.07) is 10.2. The summed E-state index contributed by atoms with van der Waals surface area (Å²) in [5.41, 5.74) is 2.63. The number of benzene rings is 1. The van der Waals surface area contributed by atoms with Crippen LogP contribution in [0.15, 0.2) is 47.6 Å². The number of ether oxygens (including phenoxy) is 1. The zero-order valence-corrected chi connectivity index (χ0v) is 13.9. The van der Waals surface area contributed by atoms with E-state index in [9.17, 15) is 13.6 Å². The van der Waals surface area contributed by atoms with Gasteiger partial charge in [0.1, 0.15) is 0 Å². The highest BCUT2D eigenvalue weighted by Crippen LogP contribution is 2.36. The third-order valence-corrected chi connectivity index (χ3v) is 6.21. The minimum Gasteiger partial charge on any atom is -0.618 e. The van der Waals surface area contributed by atoms with Crippen molar-refractivity contribution >= 4 is 9.84 Å². The molecule has 122 valence electrons. The SMILES string of the molecule is Cc1ccc(C)c(C(CC2CO2)S(=O)(=O)c2cccc[n+]2[O-])c1. The molecule has 0 amide bonds. The van der Waals surface area contributed by atoms with Crippen LogP contribution in [-0.2, 0) is 14.6 Å². The Morgan fingerprint density at radius 2 is 2.04 bits per heavy atom. The van der Waals surface area contributed by atoms with E-state index in [-0.39, 0.29) is 11.1 Å². The van der Waals surface area contributed by atoms with Gasteiger partial charge in [0.05, 0.1) is 18.0 Å². The Kier molecular flexibility index (Phi) is 4.12. The molecule has 1 aliphatic heterocycles. The lowest BCUT2D eigenvalue weighted by atomic mass is 10.00. The van der Waals surface area contributed by atoms with Gasteiger partial charge < -0.3 is 9.94 Å². The van der Waals surface area contributed by atoms with Crippen LogP contribution in [0.25, 0.3) is 0 Å². The van der Waals surface area contributed by atoms with Crippen LogP contribution in [0.2, 0.25) is 0 Å². The van der Waals surface area contributed by atoms with Gasteiger partial charge in [0, 0.05) is 12.1 Å². The summed E-state index contributed by atoms with van der Waals surface area (Å²) >= 11 is 0. The van der Waals surface area contributed by atoms with Crippen molar-refractivity contribution < 1.29 is 17.9 Å². The average Bonchev–Trinajstić information content (AvgIpc) is 3.32. The lowest BCUT2D eigenvalue weighted by molar-refractivity contribution is -0.646. The molecule has 0 spiro atoms. The summed E-state index contributed by atoms with van der Waals surface area (Å²) in [6.07, 6.45) is 1.51. The van der Waals surface area contributed by atoms with Crippen molar-refractivity contribution in [3.05, 3.63) is 64.5 Å². The molecule has 0 bridgehead atoms. The third-order valence-electron chi connectivity index (χ3n) is 4.12. The van der Waals surface area contributed by atoms with Crippen molar-refractivity contribution in [2.75, 3.05) is 6.61 Å². The molecule has 23 heavy (non-hydrogen) atoms. The van der Waals surface area contributed by atoms with Gasteiger partial charge in [-0.15, -0.1) is 0 Å². The van der Waals surface area contributed by atoms with Crippen LogP contribution in [0.5, 0.6) is 0 Å². The normalized spacial score (nSPS) is 18.6. The van der Waals surface area contributed by atoms with Crippen molar-refractivity contribution in [3.63, 3.8) is 0 Å². The van der Waals surface area contributed by atoms with Crippen LogP contribution in [0.3, 0.4) is 0 Å². The average molecular weight is 333 g/mol. The summed E-state index contributed by atoms with van der Waals surface area (Å²) < 4.78 is 31.9. The number of aryl methyl sites for hydroxylation is 2. The maximum atomic E-state index is 13.1. The molecule has 0 aliphatic carbocycles. The van der Waals surface area contributed by atoms with Gasteiger partial charge >= 0.3 is 5.03 Å². The first-order chi connectivity index (χ1) is 10.9. The Hall–Kier alpha value is -1.92. The molecule has 1 fully saturated rings. The minimum atomic E-state index is -3.81. The topological polar surface area (TPSA) is 73.6 Å². The smallest absolute Gasteiger partial charge is 0.309 e. The molecule has 3 rings (SSSR count). The molecular weight excluding hydrogens is 314 g/mol. The van der Waals surface area contributed by atoms with Crippen LogP contribution in [0.1, 0.15) is 28.4 Å². The molecule has 6 heteroatoms. The van der Waals surface area contributed by atoms with Crippen LogP contribution >= 0.6 is 0 Å². The molecule has 2 aromatic rings. The fraction of sp³-hybridized carbons (Fsp3) is 0.353. The van der Waals surface area contributed by atoms with E-state index < -0.39 is 15.1 Å². The zero-order chi connectivity index (χ0) is 16.6. The quantitative estimate of drug-likeness (QED) is 0.478. The number of epoxide rings is 1. The number of aromatic nitrogens is 1. The van der Waals surface area contributed by atoms with E-state index in [0.29, 0.717) is 17.8 Å². The predicted octanol–water partition coefficient (Wildman–Crippen LogP) is 2.24. The van der Waals surface area contributed by atoms with Crippen LogP contribution in [-0.4, -0.2) is 21.1 Å². The number of rotatable bonds is 5. The first-order valence-corrected chi connectivity index (χ1v) is 9.05. The van der Waals surface area contributed by atoms with Crippen molar-refractivity contribution in [2.24, 2.45) is 0 Å². The maximum Gasteiger partial charge on any atom is 0.309 e. The fourth-order valence-electron chi connectivity index (χ4n) is 2.75. The molecular formula is C17H19NO4S. The zero-order valence-electron chi connectivity index (χ0n) is 13.1. The van der Waals surface area contributed by atoms with Crippen molar-refractivity contribution in [3.8, 4) is 0 Å². The van der Waals surface area contributed by atoms with E-state index in [4.69, 9.17) is 4.74 Å². The van der Waals surface area contributed by atoms with E-state index in [1.54, 1.807) is 6.07 Å². The Balaban J connectivity index is 2.12. The molecule has 2 heterocycles. The van der Waals surface area contributed by atoms with E-state index in [1.807, 2.05) is 32.0 Å². The third kappa shape index (κ3) is 3.23. The largest absolute Gasteiger partial charge is 0.618 e. The molecule has 0 radical (unpaired) electrons. The molecule has 1 saturated heterocycles. The van der Waals surface area contributed by atoms with E-state index >= 15 is 0 Å². The second-order valence-corrected chi connectivity index (χ2v) is 8.03. The Morgan fingerprint density at radius 3 is 2.70 bits per heavy atom. The standard InChI is InChI=1S/C17H19NO4S/c1-12-6-7-13(2)15(9-12)16(10-14-11-22-14)23(20,21)17-5-3-4-8-18(17)19/h3-9,14,16H,10-11H2,1-2H3. The number of nitrogens with zero attached hydrogens (tertiary/aromatic N) is 1. The molecule has 2 unspecified atom stereocenters. The van der Waals surface area contributed by atoms with Crippen LogP contribution in [0.4, 0.5) is 0 Å². The van der Waals surface area contributed by atoms with Gasteiger partial charge in [-0.3, -0.25) is 0 Å². The van der Waals surface area contributed by atoms with Gasteiger partial charge in [0.15, 0.2) is 6.20 Å². The number of sulfone groups is 1. The van der Waals surface area contributed by atoms with E-state index in [1.165, 1.54) is 18.3 Å². The monoisotopic (exact) mass is 333 g/mol. The molecule has 1 aliphatic rings. The van der Waals surface area contributed by atoms with E-state index in [0.717, 1.165) is 16.7 Å². The predicted molar refractivity (Wildman–Crippen MR) is 85.6 cm³/mol. The summed E-state index contributed by atoms with van der Waals surface area (Å²) in [5.74, 6) is 0. The highest BCUT2D eigenvalue weighted by Gasteiger charge is 2.40. The summed E-state index contributed by atoms with van der Waals surface area (Å²) in [6.45, 7) is 4.39. The number of hydrogen-bond acceptors (Lipinski definition) is 4. The van der Waals surface area contributed by atoms with Gasteiger partial charge in [-0.05, 0) is 37.5 Å². The Bertz CT molecular complexity index is 828.